The Morgan fingerprint density at radius 2 is 2.30 bits per heavy atom. The smallest absolute Gasteiger partial charge is 0.318 e. The third-order valence-corrected chi connectivity index (χ3v) is 3.74. The van der Waals surface area contributed by atoms with Crippen LogP contribution in [0.15, 0.2) is 30.4 Å². The van der Waals surface area contributed by atoms with E-state index < -0.39 is 0 Å². The van der Waals surface area contributed by atoms with Gasteiger partial charge in [0.2, 0.25) is 0 Å². The van der Waals surface area contributed by atoms with E-state index in [1.54, 1.807) is 11.0 Å². The molecule has 108 valence electrons. The number of rotatable bonds is 3. The van der Waals surface area contributed by atoms with E-state index in [2.05, 4.69) is 25.2 Å². The van der Waals surface area contributed by atoms with Crippen LogP contribution in [0.4, 0.5) is 9.18 Å². The molecular formula is C15H18ClFN2O. The Bertz CT molecular complexity index is 531. The van der Waals surface area contributed by atoms with E-state index in [1.807, 2.05) is 6.08 Å². The first-order chi connectivity index (χ1) is 9.49. The lowest BCUT2D eigenvalue weighted by molar-refractivity contribution is 0.185. The lowest BCUT2D eigenvalue weighted by Crippen LogP contribution is -2.44. The summed E-state index contributed by atoms with van der Waals surface area (Å²) in [5.74, 6) is -0.0115. The van der Waals surface area contributed by atoms with Gasteiger partial charge in [0.1, 0.15) is 5.82 Å². The van der Waals surface area contributed by atoms with Gasteiger partial charge in [-0.1, -0.05) is 43.7 Å². The van der Waals surface area contributed by atoms with E-state index in [1.165, 1.54) is 12.1 Å². The Kier molecular flexibility index (Phi) is 4.65. The molecule has 0 bridgehead atoms. The van der Waals surface area contributed by atoms with E-state index in [4.69, 9.17) is 11.6 Å². The molecule has 0 spiro atoms. The topological polar surface area (TPSA) is 32.3 Å². The van der Waals surface area contributed by atoms with Gasteiger partial charge in [-0.3, -0.25) is 0 Å². The molecule has 3 nitrogen and oxygen atoms in total. The third-order valence-electron chi connectivity index (χ3n) is 3.38. The van der Waals surface area contributed by atoms with Gasteiger partial charge >= 0.3 is 6.03 Å². The monoisotopic (exact) mass is 296 g/mol. The summed E-state index contributed by atoms with van der Waals surface area (Å²) in [6.07, 6.45) is 4.05. The molecule has 0 radical (unpaired) electrons. The second kappa shape index (κ2) is 6.27. The molecule has 2 amide bonds. The van der Waals surface area contributed by atoms with Crippen LogP contribution < -0.4 is 5.32 Å². The highest BCUT2D eigenvalue weighted by Gasteiger charge is 2.26. The van der Waals surface area contributed by atoms with Gasteiger partial charge in [0.15, 0.2) is 0 Å². The molecule has 1 aliphatic rings. The van der Waals surface area contributed by atoms with Crippen molar-refractivity contribution in [3.05, 3.63) is 46.8 Å². The van der Waals surface area contributed by atoms with Crippen molar-refractivity contribution in [3.8, 4) is 0 Å². The van der Waals surface area contributed by atoms with Crippen LogP contribution in [0.3, 0.4) is 0 Å². The summed E-state index contributed by atoms with van der Waals surface area (Å²) >= 11 is 5.93. The molecule has 1 atom stereocenters. The summed E-state index contributed by atoms with van der Waals surface area (Å²) in [4.78, 5) is 13.9. The Labute approximate surface area is 123 Å². The lowest BCUT2D eigenvalue weighted by atomic mass is 10.1. The second-order valence-corrected chi connectivity index (χ2v) is 5.62. The fourth-order valence-electron chi connectivity index (χ4n) is 2.28. The molecule has 1 N–H and O–H groups in total. The number of carbonyl (C=O) groups excluding carboxylic acids is 1. The Balaban J connectivity index is 1.95. The molecule has 0 aliphatic carbocycles. The maximum absolute atomic E-state index is 12.9. The van der Waals surface area contributed by atoms with E-state index >= 15 is 0 Å². The molecule has 1 aliphatic heterocycles. The molecule has 1 aromatic carbocycles. The molecule has 0 fully saturated rings. The van der Waals surface area contributed by atoms with Crippen molar-refractivity contribution < 1.29 is 9.18 Å². The Morgan fingerprint density at radius 3 is 2.95 bits per heavy atom. The number of hydrogen-bond acceptors (Lipinski definition) is 1. The molecule has 1 aromatic rings. The number of halogens is 2. The van der Waals surface area contributed by atoms with Gasteiger partial charge in [-0.25, -0.2) is 9.18 Å². The first-order valence-electron chi connectivity index (χ1n) is 6.64. The zero-order chi connectivity index (χ0) is 14.7. The van der Waals surface area contributed by atoms with Crippen LogP contribution in [0.25, 0.3) is 0 Å². The molecule has 0 aromatic heterocycles. The van der Waals surface area contributed by atoms with Gasteiger partial charge in [0.05, 0.1) is 6.04 Å². The standard InChI is InChI=1S/C15H18ClFN2O/c1-10(2)14-4-3-7-19(14)15(20)18-9-11-5-6-12(17)8-13(11)16/h3-6,8,10,14H,7,9H2,1-2H3,(H,18,20)/t14-/m1/s1. The summed E-state index contributed by atoms with van der Waals surface area (Å²) < 4.78 is 12.9. The average Bonchev–Trinajstić information content (AvgIpc) is 2.86. The average molecular weight is 297 g/mol. The highest BCUT2D eigenvalue weighted by molar-refractivity contribution is 6.31. The highest BCUT2D eigenvalue weighted by Crippen LogP contribution is 2.19. The van der Waals surface area contributed by atoms with Gasteiger partial charge in [-0.05, 0) is 23.6 Å². The van der Waals surface area contributed by atoms with Gasteiger partial charge < -0.3 is 10.2 Å². The quantitative estimate of drug-likeness (QED) is 0.850. The number of urea groups is 1. The van der Waals surface area contributed by atoms with Crippen molar-refractivity contribution in [2.45, 2.75) is 26.4 Å². The van der Waals surface area contributed by atoms with Gasteiger partial charge in [0.25, 0.3) is 0 Å². The molecule has 5 heteroatoms. The first-order valence-corrected chi connectivity index (χ1v) is 7.02. The molecular weight excluding hydrogens is 279 g/mol. The van der Waals surface area contributed by atoms with Crippen molar-refractivity contribution >= 4 is 17.6 Å². The third kappa shape index (κ3) is 3.31. The fraction of sp³-hybridized carbons (Fsp3) is 0.400. The minimum absolute atomic E-state index is 0.124. The maximum atomic E-state index is 12.9. The minimum atomic E-state index is -0.381. The van der Waals surface area contributed by atoms with Crippen LogP contribution in [0.5, 0.6) is 0 Å². The predicted molar refractivity (Wildman–Crippen MR) is 78.1 cm³/mol. The molecule has 20 heavy (non-hydrogen) atoms. The van der Waals surface area contributed by atoms with Crippen LogP contribution in [0.2, 0.25) is 5.02 Å². The van der Waals surface area contributed by atoms with Crippen molar-refractivity contribution in [2.24, 2.45) is 5.92 Å². The molecule has 0 saturated heterocycles. The lowest BCUT2D eigenvalue weighted by Gasteiger charge is -2.27. The fourth-order valence-corrected chi connectivity index (χ4v) is 2.51. The number of carbonyl (C=O) groups is 1. The van der Waals surface area contributed by atoms with Crippen molar-refractivity contribution in [1.82, 2.24) is 10.2 Å². The molecule has 2 rings (SSSR count). The number of nitrogens with one attached hydrogen (secondary N) is 1. The minimum Gasteiger partial charge on any atom is -0.334 e. The zero-order valence-corrected chi connectivity index (χ0v) is 12.3. The normalized spacial score (nSPS) is 17.9. The van der Waals surface area contributed by atoms with Crippen LogP contribution in [-0.4, -0.2) is 23.5 Å². The van der Waals surface area contributed by atoms with Gasteiger partial charge in [-0.2, -0.15) is 0 Å². The van der Waals surface area contributed by atoms with E-state index in [9.17, 15) is 9.18 Å². The van der Waals surface area contributed by atoms with Gasteiger partial charge in [-0.15, -0.1) is 0 Å². The highest BCUT2D eigenvalue weighted by atomic mass is 35.5. The van der Waals surface area contributed by atoms with Crippen LogP contribution in [0, 0.1) is 11.7 Å². The van der Waals surface area contributed by atoms with E-state index in [-0.39, 0.29) is 17.9 Å². The van der Waals surface area contributed by atoms with Gasteiger partial charge in [0, 0.05) is 18.1 Å². The zero-order valence-electron chi connectivity index (χ0n) is 11.6. The van der Waals surface area contributed by atoms with Crippen molar-refractivity contribution in [1.29, 1.82) is 0 Å². The van der Waals surface area contributed by atoms with Crippen LogP contribution in [-0.2, 0) is 6.54 Å². The maximum Gasteiger partial charge on any atom is 0.318 e. The van der Waals surface area contributed by atoms with E-state index in [0.717, 1.165) is 0 Å². The number of benzene rings is 1. The first kappa shape index (κ1) is 14.9. The predicted octanol–water partition coefficient (Wildman–Crippen LogP) is 3.59. The summed E-state index contributed by atoms with van der Waals surface area (Å²) in [5, 5.41) is 3.15. The summed E-state index contributed by atoms with van der Waals surface area (Å²) in [5.41, 5.74) is 0.703. The Hall–Kier alpha value is -1.55. The van der Waals surface area contributed by atoms with Crippen molar-refractivity contribution in [2.75, 3.05) is 6.54 Å². The molecule has 1 heterocycles. The SMILES string of the molecule is CC(C)[C@H]1C=CCN1C(=O)NCc1ccc(F)cc1Cl. The summed E-state index contributed by atoms with van der Waals surface area (Å²) in [6.45, 7) is 5.07. The summed E-state index contributed by atoms with van der Waals surface area (Å²) in [6, 6.07) is 4.16. The van der Waals surface area contributed by atoms with Crippen LogP contribution >= 0.6 is 11.6 Å². The van der Waals surface area contributed by atoms with Crippen molar-refractivity contribution in [3.63, 3.8) is 0 Å². The molecule has 0 unspecified atom stereocenters. The van der Waals surface area contributed by atoms with E-state index in [0.29, 0.717) is 29.6 Å². The summed E-state index contributed by atoms with van der Waals surface area (Å²) in [7, 11) is 0. The Morgan fingerprint density at radius 1 is 1.55 bits per heavy atom. The number of nitrogens with zero attached hydrogens (tertiary/aromatic N) is 1. The number of amides is 2. The number of hydrogen-bond donors (Lipinski definition) is 1. The molecule has 0 saturated carbocycles. The van der Waals surface area contributed by atoms with Crippen LogP contribution in [0.1, 0.15) is 19.4 Å². The second-order valence-electron chi connectivity index (χ2n) is 5.21. The largest absolute Gasteiger partial charge is 0.334 e.